The van der Waals surface area contributed by atoms with E-state index in [0.29, 0.717) is 6.10 Å². The Balaban J connectivity index is 1.61. The molecule has 1 atom stereocenters. The van der Waals surface area contributed by atoms with E-state index in [0.717, 1.165) is 6.61 Å². The van der Waals surface area contributed by atoms with Crippen molar-refractivity contribution >= 4 is 11.8 Å². The summed E-state index contributed by atoms with van der Waals surface area (Å²) in [6, 6.07) is 0. The molecule has 0 amide bonds. The van der Waals surface area contributed by atoms with Gasteiger partial charge in [0.15, 0.2) is 0 Å². The Morgan fingerprint density at radius 1 is 0.586 bits per heavy atom. The van der Waals surface area contributed by atoms with Gasteiger partial charge < -0.3 is 4.74 Å². The fraction of sp³-hybridized carbons (Fsp3) is 1.00. The van der Waals surface area contributed by atoms with Gasteiger partial charge in [-0.3, -0.25) is 0 Å². The van der Waals surface area contributed by atoms with E-state index >= 15 is 0 Å². The topological polar surface area (TPSA) is 9.23 Å². The normalized spacial score (nSPS) is 16.7. The molecule has 0 radical (unpaired) electrons. The largest absolute Gasteiger partial charge is 0.378 e. The van der Waals surface area contributed by atoms with E-state index in [-0.39, 0.29) is 0 Å². The maximum Gasteiger partial charge on any atom is 0.0576 e. The van der Waals surface area contributed by atoms with Crippen LogP contribution in [0.3, 0.4) is 0 Å². The molecule has 1 heterocycles. The van der Waals surface area contributed by atoms with Crippen LogP contribution >= 0.6 is 11.8 Å². The smallest absolute Gasteiger partial charge is 0.0576 e. The molecule has 1 fully saturated rings. The van der Waals surface area contributed by atoms with Crippen LogP contribution in [0.2, 0.25) is 0 Å². The van der Waals surface area contributed by atoms with E-state index in [1.165, 1.54) is 153 Å². The molecule has 2 heteroatoms. The molecule has 0 spiro atoms. The molecule has 1 aliphatic heterocycles. The zero-order valence-electron chi connectivity index (χ0n) is 20.1. The van der Waals surface area contributed by atoms with Crippen LogP contribution in [-0.2, 0) is 4.74 Å². The van der Waals surface area contributed by atoms with Crippen molar-refractivity contribution in [1.29, 1.82) is 0 Å². The number of hydrogen-bond acceptors (Lipinski definition) is 2. The number of unbranched alkanes of at least 4 members (excludes halogenated alkanes) is 17. The van der Waals surface area contributed by atoms with Crippen LogP contribution in [0.1, 0.15) is 148 Å². The van der Waals surface area contributed by atoms with E-state index in [2.05, 4.69) is 18.7 Å². The molecule has 0 saturated carbocycles. The molecule has 1 aliphatic rings. The molecule has 29 heavy (non-hydrogen) atoms. The zero-order valence-corrected chi connectivity index (χ0v) is 20.9. The molecule has 0 N–H and O–H groups in total. The van der Waals surface area contributed by atoms with E-state index in [1.807, 2.05) is 0 Å². The second-order valence-electron chi connectivity index (χ2n) is 9.40. The van der Waals surface area contributed by atoms with Crippen molar-refractivity contribution in [3.63, 3.8) is 0 Å². The molecule has 1 saturated heterocycles. The van der Waals surface area contributed by atoms with Crippen molar-refractivity contribution in [3.05, 3.63) is 0 Å². The SMILES string of the molecule is CCCCCCCCSCCCCCCCCCCCCCCCC1CCCO1. The van der Waals surface area contributed by atoms with E-state index in [9.17, 15) is 0 Å². The van der Waals surface area contributed by atoms with E-state index in [1.54, 1.807) is 0 Å². The monoisotopic (exact) mass is 426 g/mol. The second kappa shape index (κ2) is 23.0. The maximum absolute atomic E-state index is 5.70. The van der Waals surface area contributed by atoms with Gasteiger partial charge in [-0.15, -0.1) is 0 Å². The molecule has 0 aromatic rings. The van der Waals surface area contributed by atoms with Gasteiger partial charge in [0.1, 0.15) is 0 Å². The van der Waals surface area contributed by atoms with Crippen LogP contribution in [0, 0.1) is 0 Å². The van der Waals surface area contributed by atoms with Gasteiger partial charge in [-0.05, 0) is 43.6 Å². The minimum Gasteiger partial charge on any atom is -0.378 e. The number of ether oxygens (including phenoxy) is 1. The van der Waals surface area contributed by atoms with Crippen LogP contribution in [-0.4, -0.2) is 24.2 Å². The highest BCUT2D eigenvalue weighted by molar-refractivity contribution is 7.99. The van der Waals surface area contributed by atoms with Gasteiger partial charge in [0, 0.05) is 6.61 Å². The van der Waals surface area contributed by atoms with Gasteiger partial charge in [0.25, 0.3) is 0 Å². The summed E-state index contributed by atoms with van der Waals surface area (Å²) < 4.78 is 5.70. The lowest BCUT2D eigenvalue weighted by Crippen LogP contribution is -2.03. The van der Waals surface area contributed by atoms with E-state index < -0.39 is 0 Å². The highest BCUT2D eigenvalue weighted by Crippen LogP contribution is 2.19. The lowest BCUT2D eigenvalue weighted by Gasteiger charge is -2.08. The number of thioether (sulfide) groups is 1. The van der Waals surface area contributed by atoms with Crippen LogP contribution in [0.4, 0.5) is 0 Å². The first kappa shape index (κ1) is 27.3. The third kappa shape index (κ3) is 20.0. The summed E-state index contributed by atoms with van der Waals surface area (Å²) in [5, 5.41) is 0. The quantitative estimate of drug-likeness (QED) is 0.150. The Kier molecular flexibility index (Phi) is 21.7. The lowest BCUT2D eigenvalue weighted by molar-refractivity contribution is 0.102. The minimum atomic E-state index is 0.610. The first-order valence-corrected chi connectivity index (χ1v) is 14.8. The van der Waals surface area contributed by atoms with Gasteiger partial charge >= 0.3 is 0 Å². The summed E-state index contributed by atoms with van der Waals surface area (Å²) >= 11 is 2.20. The molecule has 1 unspecified atom stereocenters. The summed E-state index contributed by atoms with van der Waals surface area (Å²) in [6.45, 7) is 3.32. The fourth-order valence-electron chi connectivity index (χ4n) is 4.48. The number of hydrogen-bond donors (Lipinski definition) is 0. The first-order chi connectivity index (χ1) is 14.4. The number of rotatable bonds is 23. The standard InChI is InChI=1S/C27H54OS/c1-2-3-4-5-16-19-25-29-26-20-17-14-12-10-8-6-7-9-11-13-15-18-22-27-23-21-24-28-27/h27H,2-26H2,1H3. The van der Waals surface area contributed by atoms with Crippen molar-refractivity contribution in [2.45, 2.75) is 154 Å². The van der Waals surface area contributed by atoms with Gasteiger partial charge in [0.05, 0.1) is 6.10 Å². The second-order valence-corrected chi connectivity index (χ2v) is 10.6. The Bertz CT molecular complexity index is 301. The molecule has 174 valence electrons. The van der Waals surface area contributed by atoms with Gasteiger partial charge in [-0.1, -0.05) is 116 Å². The van der Waals surface area contributed by atoms with Crippen LogP contribution in [0.5, 0.6) is 0 Å². The molecule has 0 aromatic heterocycles. The predicted molar refractivity (Wildman–Crippen MR) is 134 cm³/mol. The molecule has 0 aliphatic carbocycles. The van der Waals surface area contributed by atoms with Crippen LogP contribution in [0.15, 0.2) is 0 Å². The first-order valence-electron chi connectivity index (χ1n) is 13.6. The zero-order chi connectivity index (χ0) is 20.7. The van der Waals surface area contributed by atoms with Crippen LogP contribution < -0.4 is 0 Å². The predicted octanol–water partition coefficient (Wildman–Crippen LogP) is 9.72. The third-order valence-electron chi connectivity index (χ3n) is 6.48. The molecular weight excluding hydrogens is 372 g/mol. The summed E-state index contributed by atoms with van der Waals surface area (Å²) in [4.78, 5) is 0. The average molecular weight is 427 g/mol. The van der Waals surface area contributed by atoms with Gasteiger partial charge in [-0.2, -0.15) is 11.8 Å². The van der Waals surface area contributed by atoms with E-state index in [4.69, 9.17) is 4.74 Å². The summed E-state index contributed by atoms with van der Waals surface area (Å²) in [7, 11) is 0. The van der Waals surface area contributed by atoms with Crippen molar-refractivity contribution in [2.75, 3.05) is 18.1 Å². The third-order valence-corrected chi connectivity index (χ3v) is 7.64. The van der Waals surface area contributed by atoms with Crippen molar-refractivity contribution in [3.8, 4) is 0 Å². The van der Waals surface area contributed by atoms with Crippen LogP contribution in [0.25, 0.3) is 0 Å². The van der Waals surface area contributed by atoms with Crippen molar-refractivity contribution in [2.24, 2.45) is 0 Å². The minimum absolute atomic E-state index is 0.610. The highest BCUT2D eigenvalue weighted by atomic mass is 32.2. The molecule has 1 rings (SSSR count). The van der Waals surface area contributed by atoms with Crippen molar-refractivity contribution < 1.29 is 4.74 Å². The Labute approximate surface area is 188 Å². The fourth-order valence-corrected chi connectivity index (χ4v) is 5.50. The molecule has 1 nitrogen and oxygen atoms in total. The summed E-state index contributed by atoms with van der Waals surface area (Å²) in [5.74, 6) is 2.81. The Morgan fingerprint density at radius 3 is 1.48 bits per heavy atom. The highest BCUT2D eigenvalue weighted by Gasteiger charge is 2.14. The summed E-state index contributed by atoms with van der Waals surface area (Å²) in [5.41, 5.74) is 0. The Hall–Kier alpha value is 0.310. The van der Waals surface area contributed by atoms with Crippen molar-refractivity contribution in [1.82, 2.24) is 0 Å². The summed E-state index contributed by atoms with van der Waals surface area (Å²) in [6.07, 6.45) is 32.1. The lowest BCUT2D eigenvalue weighted by atomic mass is 10.0. The average Bonchev–Trinajstić information content (AvgIpc) is 3.25. The van der Waals surface area contributed by atoms with Gasteiger partial charge in [0.2, 0.25) is 0 Å². The van der Waals surface area contributed by atoms with Gasteiger partial charge in [-0.25, -0.2) is 0 Å². The maximum atomic E-state index is 5.70. The molecule has 0 aromatic carbocycles. The Morgan fingerprint density at radius 2 is 1.03 bits per heavy atom. The molecular formula is C27H54OS. The molecule has 0 bridgehead atoms.